The Kier molecular flexibility index (Phi) is 4.02. The van der Waals surface area contributed by atoms with Crippen molar-refractivity contribution in [3.63, 3.8) is 0 Å². The number of nitriles is 1. The monoisotopic (exact) mass is 269 g/mol. The normalized spacial score (nSPS) is 11.8. The molecule has 0 spiro atoms. The summed E-state index contributed by atoms with van der Waals surface area (Å²) in [5.74, 6) is -0.313. The van der Waals surface area contributed by atoms with Gasteiger partial charge >= 0.3 is 0 Å². The summed E-state index contributed by atoms with van der Waals surface area (Å²) in [5.41, 5.74) is 8.49. The number of hydrogen-bond acceptors (Lipinski definition) is 3. The summed E-state index contributed by atoms with van der Waals surface area (Å²) in [6.07, 6.45) is 0. The van der Waals surface area contributed by atoms with E-state index >= 15 is 0 Å². The molecule has 1 atom stereocenters. The van der Waals surface area contributed by atoms with E-state index in [0.29, 0.717) is 11.3 Å². The van der Waals surface area contributed by atoms with Crippen LogP contribution in [0.2, 0.25) is 0 Å². The highest BCUT2D eigenvalue weighted by Gasteiger charge is 2.16. The fraction of sp³-hybridized carbons (Fsp3) is 0.188. The van der Waals surface area contributed by atoms with Gasteiger partial charge < -0.3 is 10.6 Å². The molecule has 0 aliphatic carbocycles. The van der Waals surface area contributed by atoms with Crippen LogP contribution in [0.3, 0.4) is 0 Å². The Bertz CT molecular complexity index is 642. The number of anilines is 2. The lowest BCUT2D eigenvalue weighted by Gasteiger charge is -2.24. The van der Waals surface area contributed by atoms with Crippen molar-refractivity contribution in [3.8, 4) is 6.07 Å². The van der Waals surface area contributed by atoms with E-state index < -0.39 is 0 Å². The number of nitrogens with two attached hydrogens (primary N) is 1. The molecule has 2 rings (SSSR count). The number of benzene rings is 2. The molecule has 20 heavy (non-hydrogen) atoms. The van der Waals surface area contributed by atoms with Gasteiger partial charge in [0.2, 0.25) is 0 Å². The minimum Gasteiger partial charge on any atom is -0.342 e. The molecule has 0 aliphatic rings. The Morgan fingerprint density at radius 1 is 1.20 bits per heavy atom. The maximum absolute atomic E-state index is 14.1. The fourth-order valence-electron chi connectivity index (χ4n) is 2.14. The number of halogens is 1. The van der Waals surface area contributed by atoms with Crippen molar-refractivity contribution >= 4 is 11.4 Å². The SMILES string of the molecule is C[C@@H](N)c1cccc(F)c1N(C)c1ccc(C#N)cc1. The maximum atomic E-state index is 14.1. The van der Waals surface area contributed by atoms with E-state index in [1.807, 2.05) is 13.0 Å². The van der Waals surface area contributed by atoms with E-state index in [2.05, 4.69) is 6.07 Å². The Hall–Kier alpha value is -2.38. The summed E-state index contributed by atoms with van der Waals surface area (Å²) in [6, 6.07) is 13.7. The summed E-state index contributed by atoms with van der Waals surface area (Å²) in [7, 11) is 1.78. The van der Waals surface area contributed by atoms with Gasteiger partial charge in [0.15, 0.2) is 0 Å². The van der Waals surface area contributed by atoms with Crippen LogP contribution in [0.25, 0.3) is 0 Å². The van der Waals surface area contributed by atoms with Crippen LogP contribution in [0.5, 0.6) is 0 Å². The van der Waals surface area contributed by atoms with E-state index in [-0.39, 0.29) is 11.9 Å². The topological polar surface area (TPSA) is 53.0 Å². The lowest BCUT2D eigenvalue weighted by atomic mass is 10.0. The highest BCUT2D eigenvalue weighted by atomic mass is 19.1. The molecule has 3 nitrogen and oxygen atoms in total. The van der Waals surface area contributed by atoms with Crippen LogP contribution in [0.15, 0.2) is 42.5 Å². The zero-order valence-corrected chi connectivity index (χ0v) is 11.5. The number of nitrogens with zero attached hydrogens (tertiary/aromatic N) is 2. The zero-order valence-electron chi connectivity index (χ0n) is 11.5. The molecule has 0 unspecified atom stereocenters. The Balaban J connectivity index is 2.47. The second kappa shape index (κ2) is 5.72. The van der Waals surface area contributed by atoms with Gasteiger partial charge in [-0.25, -0.2) is 4.39 Å². The predicted octanol–water partition coefficient (Wildman–Crippen LogP) is 3.48. The summed E-state index contributed by atoms with van der Waals surface area (Å²) in [6.45, 7) is 1.82. The first-order valence-corrected chi connectivity index (χ1v) is 6.32. The first-order valence-electron chi connectivity index (χ1n) is 6.32. The van der Waals surface area contributed by atoms with Crippen molar-refractivity contribution in [2.75, 3.05) is 11.9 Å². The molecular weight excluding hydrogens is 253 g/mol. The van der Waals surface area contributed by atoms with E-state index in [0.717, 1.165) is 11.3 Å². The molecule has 2 aromatic carbocycles. The minimum absolute atomic E-state index is 0.262. The second-order valence-electron chi connectivity index (χ2n) is 4.68. The first kappa shape index (κ1) is 14.0. The van der Waals surface area contributed by atoms with Crippen LogP contribution >= 0.6 is 0 Å². The van der Waals surface area contributed by atoms with Gasteiger partial charge in [-0.05, 0) is 42.8 Å². The predicted molar refractivity (Wildman–Crippen MR) is 78.2 cm³/mol. The van der Waals surface area contributed by atoms with Gasteiger partial charge in [-0.2, -0.15) is 5.26 Å². The molecule has 0 saturated heterocycles. The molecular formula is C16H16FN3. The number of rotatable bonds is 3. The van der Waals surface area contributed by atoms with E-state index in [4.69, 9.17) is 11.0 Å². The Morgan fingerprint density at radius 2 is 1.85 bits per heavy atom. The van der Waals surface area contributed by atoms with Crippen molar-refractivity contribution in [3.05, 3.63) is 59.4 Å². The molecule has 2 aromatic rings. The van der Waals surface area contributed by atoms with Crippen LogP contribution in [0.4, 0.5) is 15.8 Å². The Labute approximate surface area is 118 Å². The minimum atomic E-state index is -0.313. The van der Waals surface area contributed by atoms with Gasteiger partial charge in [-0.1, -0.05) is 12.1 Å². The first-order chi connectivity index (χ1) is 9.54. The molecule has 2 N–H and O–H groups in total. The number of para-hydroxylation sites is 1. The molecule has 0 heterocycles. The smallest absolute Gasteiger partial charge is 0.147 e. The highest BCUT2D eigenvalue weighted by molar-refractivity contribution is 5.67. The van der Waals surface area contributed by atoms with Crippen molar-refractivity contribution in [2.45, 2.75) is 13.0 Å². The molecule has 0 amide bonds. The van der Waals surface area contributed by atoms with E-state index in [1.54, 1.807) is 42.3 Å². The van der Waals surface area contributed by atoms with Crippen LogP contribution < -0.4 is 10.6 Å². The van der Waals surface area contributed by atoms with Crippen LogP contribution in [-0.4, -0.2) is 7.05 Å². The van der Waals surface area contributed by atoms with Gasteiger partial charge in [0.05, 0.1) is 17.3 Å². The standard InChI is InChI=1S/C16H16FN3/c1-11(19)14-4-3-5-15(17)16(14)20(2)13-8-6-12(10-18)7-9-13/h3-9,11H,19H2,1-2H3/t11-/m1/s1. The largest absolute Gasteiger partial charge is 0.342 e. The quantitative estimate of drug-likeness (QED) is 0.928. The lowest BCUT2D eigenvalue weighted by molar-refractivity contribution is 0.622. The van der Waals surface area contributed by atoms with Crippen LogP contribution in [0.1, 0.15) is 24.1 Å². The zero-order chi connectivity index (χ0) is 14.7. The molecule has 0 bridgehead atoms. The van der Waals surface area contributed by atoms with Crippen molar-refractivity contribution in [2.24, 2.45) is 5.73 Å². The van der Waals surface area contributed by atoms with Crippen molar-refractivity contribution in [1.29, 1.82) is 5.26 Å². The summed E-state index contributed by atoms with van der Waals surface area (Å²) < 4.78 is 14.1. The molecule has 0 fully saturated rings. The van der Waals surface area contributed by atoms with Crippen LogP contribution in [-0.2, 0) is 0 Å². The van der Waals surface area contributed by atoms with Gasteiger partial charge in [0.25, 0.3) is 0 Å². The maximum Gasteiger partial charge on any atom is 0.147 e. The summed E-state index contributed by atoms with van der Waals surface area (Å²) in [4.78, 5) is 1.75. The molecule has 0 aromatic heterocycles. The Morgan fingerprint density at radius 3 is 2.40 bits per heavy atom. The van der Waals surface area contributed by atoms with E-state index in [1.165, 1.54) is 6.07 Å². The molecule has 0 saturated carbocycles. The second-order valence-corrected chi connectivity index (χ2v) is 4.68. The third-order valence-electron chi connectivity index (χ3n) is 3.23. The molecule has 102 valence electrons. The molecule has 0 aliphatic heterocycles. The number of hydrogen-bond donors (Lipinski definition) is 1. The fourth-order valence-corrected chi connectivity index (χ4v) is 2.14. The van der Waals surface area contributed by atoms with E-state index in [9.17, 15) is 4.39 Å². The van der Waals surface area contributed by atoms with Gasteiger partial charge in [-0.3, -0.25) is 0 Å². The third-order valence-corrected chi connectivity index (χ3v) is 3.23. The summed E-state index contributed by atoms with van der Waals surface area (Å²) in [5, 5.41) is 8.81. The van der Waals surface area contributed by atoms with Crippen molar-refractivity contribution < 1.29 is 4.39 Å². The van der Waals surface area contributed by atoms with Gasteiger partial charge in [0, 0.05) is 18.8 Å². The average molecular weight is 269 g/mol. The van der Waals surface area contributed by atoms with Crippen LogP contribution in [0, 0.1) is 17.1 Å². The lowest BCUT2D eigenvalue weighted by Crippen LogP contribution is -2.17. The average Bonchev–Trinajstić information content (AvgIpc) is 2.46. The molecule has 0 radical (unpaired) electrons. The van der Waals surface area contributed by atoms with Crippen molar-refractivity contribution in [1.82, 2.24) is 0 Å². The van der Waals surface area contributed by atoms with Gasteiger partial charge in [-0.15, -0.1) is 0 Å². The third kappa shape index (κ3) is 2.63. The summed E-state index contributed by atoms with van der Waals surface area (Å²) >= 11 is 0. The molecule has 4 heteroatoms. The van der Waals surface area contributed by atoms with Gasteiger partial charge in [0.1, 0.15) is 5.82 Å². The highest BCUT2D eigenvalue weighted by Crippen LogP contribution is 2.32.